The first kappa shape index (κ1) is 14.1. The first-order chi connectivity index (χ1) is 9.72. The highest BCUT2D eigenvalue weighted by Gasteiger charge is 2.19. The number of hydrogen-bond donors (Lipinski definition) is 1. The molecule has 0 aliphatic rings. The molecule has 4 nitrogen and oxygen atoms in total. The highest BCUT2D eigenvalue weighted by Crippen LogP contribution is 2.12. The smallest absolute Gasteiger partial charge is 0.257 e. The summed E-state index contributed by atoms with van der Waals surface area (Å²) in [6, 6.07) is 10.7. The van der Waals surface area contributed by atoms with Crippen LogP contribution in [0.15, 0.2) is 48.8 Å². The minimum absolute atomic E-state index is 0.0376. The Morgan fingerprint density at radius 2 is 2.00 bits per heavy atom. The van der Waals surface area contributed by atoms with Crippen LogP contribution in [-0.4, -0.2) is 34.0 Å². The lowest BCUT2D eigenvalue weighted by molar-refractivity contribution is 0.0703. The Hall–Kier alpha value is -2.27. The number of benzene rings is 1. The number of rotatable bonds is 5. The van der Waals surface area contributed by atoms with Crippen LogP contribution in [0.5, 0.6) is 0 Å². The van der Waals surface area contributed by atoms with Gasteiger partial charge in [0.2, 0.25) is 0 Å². The van der Waals surface area contributed by atoms with Gasteiger partial charge in [0.1, 0.15) is 0 Å². The van der Waals surface area contributed by atoms with Crippen molar-refractivity contribution < 1.29 is 14.3 Å². The fraction of sp³-hybridized carbons (Fsp3) is 0.200. The van der Waals surface area contributed by atoms with E-state index in [0.29, 0.717) is 6.54 Å². The van der Waals surface area contributed by atoms with Gasteiger partial charge in [0, 0.05) is 19.3 Å². The summed E-state index contributed by atoms with van der Waals surface area (Å²) in [5.74, 6) is -1.11. The van der Waals surface area contributed by atoms with Crippen LogP contribution in [0.4, 0.5) is 4.39 Å². The summed E-state index contributed by atoms with van der Waals surface area (Å²) in [5.41, 5.74) is 0.883. The topological polar surface area (TPSA) is 53.4 Å². The van der Waals surface area contributed by atoms with E-state index >= 15 is 0 Å². The molecule has 0 radical (unpaired) electrons. The van der Waals surface area contributed by atoms with E-state index in [4.69, 9.17) is 5.11 Å². The molecule has 2 aromatic rings. The Labute approximate surface area is 116 Å². The lowest BCUT2D eigenvalue weighted by atomic mass is 10.1. The van der Waals surface area contributed by atoms with E-state index in [2.05, 4.69) is 4.98 Å². The summed E-state index contributed by atoms with van der Waals surface area (Å²) in [5, 5.41) is 9.08. The van der Waals surface area contributed by atoms with Gasteiger partial charge < -0.3 is 10.0 Å². The predicted molar refractivity (Wildman–Crippen MR) is 72.5 cm³/mol. The minimum Gasteiger partial charge on any atom is -0.395 e. The number of halogens is 1. The molecule has 5 heteroatoms. The van der Waals surface area contributed by atoms with Crippen LogP contribution in [0.3, 0.4) is 0 Å². The van der Waals surface area contributed by atoms with Crippen molar-refractivity contribution in [2.75, 3.05) is 13.2 Å². The molecule has 2 rings (SSSR count). The molecule has 1 N–H and O–H groups in total. The Kier molecular flexibility index (Phi) is 4.79. The van der Waals surface area contributed by atoms with E-state index in [-0.39, 0.29) is 18.7 Å². The van der Waals surface area contributed by atoms with Gasteiger partial charge in [0.15, 0.2) is 5.82 Å². The lowest BCUT2D eigenvalue weighted by Crippen LogP contribution is -2.33. The first-order valence-electron chi connectivity index (χ1n) is 6.26. The van der Waals surface area contributed by atoms with Crippen LogP contribution < -0.4 is 0 Å². The third-order valence-corrected chi connectivity index (χ3v) is 2.88. The Balaban J connectivity index is 2.20. The van der Waals surface area contributed by atoms with Crippen molar-refractivity contribution in [2.45, 2.75) is 6.54 Å². The molecule has 0 atom stereocenters. The SMILES string of the molecule is O=C(c1ccncc1F)N(CCO)Cc1ccccc1. The van der Waals surface area contributed by atoms with Crippen molar-refractivity contribution in [1.82, 2.24) is 9.88 Å². The number of carbonyl (C=O) groups is 1. The monoisotopic (exact) mass is 274 g/mol. The molecule has 1 amide bonds. The second-order valence-electron chi connectivity index (χ2n) is 4.29. The van der Waals surface area contributed by atoms with Crippen molar-refractivity contribution >= 4 is 5.91 Å². The summed E-state index contributed by atoms with van der Waals surface area (Å²) >= 11 is 0. The average molecular weight is 274 g/mol. The summed E-state index contributed by atoms with van der Waals surface area (Å²) in [7, 11) is 0. The number of amides is 1. The van der Waals surface area contributed by atoms with E-state index in [1.165, 1.54) is 17.2 Å². The molecular formula is C15H15FN2O2. The van der Waals surface area contributed by atoms with Crippen LogP contribution >= 0.6 is 0 Å². The van der Waals surface area contributed by atoms with E-state index in [1.54, 1.807) is 0 Å². The van der Waals surface area contributed by atoms with Crippen LogP contribution in [0.2, 0.25) is 0 Å². The van der Waals surface area contributed by atoms with E-state index in [0.717, 1.165) is 11.8 Å². The average Bonchev–Trinajstić information content (AvgIpc) is 2.48. The summed E-state index contributed by atoms with van der Waals surface area (Å²) in [6.07, 6.45) is 2.38. The maximum Gasteiger partial charge on any atom is 0.257 e. The summed E-state index contributed by atoms with van der Waals surface area (Å²) in [6.45, 7) is 0.294. The maximum absolute atomic E-state index is 13.6. The molecule has 0 bridgehead atoms. The van der Waals surface area contributed by atoms with E-state index in [1.807, 2.05) is 30.3 Å². The lowest BCUT2D eigenvalue weighted by Gasteiger charge is -2.22. The minimum atomic E-state index is -0.659. The van der Waals surface area contributed by atoms with Gasteiger partial charge in [-0.2, -0.15) is 0 Å². The highest BCUT2D eigenvalue weighted by atomic mass is 19.1. The standard InChI is InChI=1S/C15H15FN2O2/c16-14-10-17-7-6-13(14)15(20)18(8-9-19)11-12-4-2-1-3-5-12/h1-7,10,19H,8-9,11H2. The molecule has 0 saturated heterocycles. The second-order valence-corrected chi connectivity index (χ2v) is 4.29. The summed E-state index contributed by atoms with van der Waals surface area (Å²) < 4.78 is 13.6. The number of hydrogen-bond acceptors (Lipinski definition) is 3. The molecule has 1 aromatic heterocycles. The van der Waals surface area contributed by atoms with Gasteiger partial charge in [-0.15, -0.1) is 0 Å². The van der Waals surface area contributed by atoms with Gasteiger partial charge in [-0.1, -0.05) is 30.3 Å². The maximum atomic E-state index is 13.6. The van der Waals surface area contributed by atoms with Gasteiger partial charge in [0.05, 0.1) is 18.4 Å². The van der Waals surface area contributed by atoms with Crippen molar-refractivity contribution in [1.29, 1.82) is 0 Å². The van der Waals surface area contributed by atoms with Gasteiger partial charge in [-0.3, -0.25) is 9.78 Å². The third kappa shape index (κ3) is 3.39. The number of carbonyl (C=O) groups excluding carboxylic acids is 1. The molecule has 0 aliphatic heterocycles. The molecule has 1 aromatic carbocycles. The van der Waals surface area contributed by atoms with Crippen LogP contribution in [0, 0.1) is 5.82 Å². The number of aliphatic hydroxyl groups is 1. The van der Waals surface area contributed by atoms with Crippen LogP contribution in [0.1, 0.15) is 15.9 Å². The predicted octanol–water partition coefficient (Wildman–Crippen LogP) is 1.86. The van der Waals surface area contributed by atoms with Crippen molar-refractivity contribution in [3.63, 3.8) is 0 Å². The summed E-state index contributed by atoms with van der Waals surface area (Å²) in [4.78, 5) is 17.3. The third-order valence-electron chi connectivity index (χ3n) is 2.88. The van der Waals surface area contributed by atoms with Crippen LogP contribution in [-0.2, 0) is 6.54 Å². The van der Waals surface area contributed by atoms with Gasteiger partial charge in [-0.05, 0) is 11.6 Å². The molecule has 0 saturated carbocycles. The quantitative estimate of drug-likeness (QED) is 0.905. The van der Waals surface area contributed by atoms with Crippen molar-refractivity contribution in [3.8, 4) is 0 Å². The number of pyridine rings is 1. The normalized spacial score (nSPS) is 10.3. The molecule has 0 unspecified atom stereocenters. The van der Waals surface area contributed by atoms with Crippen molar-refractivity contribution in [2.24, 2.45) is 0 Å². The molecule has 1 heterocycles. The molecule has 0 spiro atoms. The number of aromatic nitrogens is 1. The highest BCUT2D eigenvalue weighted by molar-refractivity contribution is 5.94. The molecule has 0 aliphatic carbocycles. The van der Waals surface area contributed by atoms with Gasteiger partial charge in [-0.25, -0.2) is 4.39 Å². The zero-order valence-corrected chi connectivity index (χ0v) is 10.9. The van der Waals surface area contributed by atoms with Gasteiger partial charge in [0.25, 0.3) is 5.91 Å². The zero-order chi connectivity index (χ0) is 14.4. The molecule has 0 fully saturated rings. The van der Waals surface area contributed by atoms with E-state index < -0.39 is 11.7 Å². The Morgan fingerprint density at radius 1 is 1.25 bits per heavy atom. The molecule has 104 valence electrons. The van der Waals surface area contributed by atoms with Gasteiger partial charge >= 0.3 is 0 Å². The second kappa shape index (κ2) is 6.77. The zero-order valence-electron chi connectivity index (χ0n) is 10.9. The first-order valence-corrected chi connectivity index (χ1v) is 6.26. The fourth-order valence-electron chi connectivity index (χ4n) is 1.90. The molecule has 20 heavy (non-hydrogen) atoms. The Bertz CT molecular complexity index is 575. The largest absolute Gasteiger partial charge is 0.395 e. The number of aliphatic hydroxyl groups excluding tert-OH is 1. The van der Waals surface area contributed by atoms with E-state index in [9.17, 15) is 9.18 Å². The van der Waals surface area contributed by atoms with Crippen LogP contribution in [0.25, 0.3) is 0 Å². The molecular weight excluding hydrogens is 259 g/mol. The van der Waals surface area contributed by atoms with Crippen molar-refractivity contribution in [3.05, 3.63) is 65.7 Å². The number of nitrogens with zero attached hydrogens (tertiary/aromatic N) is 2. The fourth-order valence-corrected chi connectivity index (χ4v) is 1.90. The Morgan fingerprint density at radius 3 is 2.65 bits per heavy atom.